The van der Waals surface area contributed by atoms with Gasteiger partial charge in [-0.2, -0.15) is 0 Å². The lowest BCUT2D eigenvalue weighted by Gasteiger charge is -2.13. The average molecular weight is 303 g/mol. The predicted octanol–water partition coefficient (Wildman–Crippen LogP) is 3.44. The number of aryl methyl sites for hydroxylation is 3. The van der Waals surface area contributed by atoms with Crippen LogP contribution in [0.15, 0.2) is 49.1 Å². The molecule has 0 radical (unpaired) electrons. The lowest BCUT2D eigenvalue weighted by molar-refractivity contribution is 0.948. The van der Waals surface area contributed by atoms with Crippen LogP contribution < -0.4 is 0 Å². The topological polar surface area (TPSA) is 48.5 Å². The summed E-state index contributed by atoms with van der Waals surface area (Å²) < 4.78 is 4.06. The van der Waals surface area contributed by atoms with Crippen LogP contribution in [0.4, 0.5) is 0 Å². The van der Waals surface area contributed by atoms with Gasteiger partial charge in [-0.25, -0.2) is 4.98 Å². The summed E-state index contributed by atoms with van der Waals surface area (Å²) in [4.78, 5) is 4.54. The molecule has 4 rings (SSSR count). The number of hydrogen-bond acceptors (Lipinski definition) is 3. The molecule has 0 N–H and O–H groups in total. The van der Waals surface area contributed by atoms with E-state index >= 15 is 0 Å². The summed E-state index contributed by atoms with van der Waals surface area (Å²) >= 11 is 0. The molecule has 0 saturated heterocycles. The number of hydrogen-bond donors (Lipinski definition) is 0. The monoisotopic (exact) mass is 303 g/mol. The maximum Gasteiger partial charge on any atom is 0.170 e. The molecule has 0 aliphatic rings. The van der Waals surface area contributed by atoms with Gasteiger partial charge in [0.15, 0.2) is 5.82 Å². The highest BCUT2D eigenvalue weighted by atomic mass is 15.3. The SMILES string of the molecule is Cc1cccc(C)c1-n1cnnc1-c1cccc2c1ncn2C. The van der Waals surface area contributed by atoms with Crippen LogP contribution in [0.25, 0.3) is 28.1 Å². The molecule has 0 amide bonds. The third kappa shape index (κ3) is 2.04. The second kappa shape index (κ2) is 5.05. The Morgan fingerprint density at radius 3 is 2.43 bits per heavy atom. The summed E-state index contributed by atoms with van der Waals surface area (Å²) in [7, 11) is 2.00. The van der Waals surface area contributed by atoms with Crippen LogP contribution in [0.1, 0.15) is 11.1 Å². The number of benzene rings is 2. The molecule has 2 aromatic carbocycles. The Balaban J connectivity index is 2.00. The van der Waals surface area contributed by atoms with Crippen LogP contribution in [0.2, 0.25) is 0 Å². The van der Waals surface area contributed by atoms with E-state index in [4.69, 9.17) is 0 Å². The van der Waals surface area contributed by atoms with Gasteiger partial charge in [0.05, 0.1) is 23.0 Å². The minimum absolute atomic E-state index is 0.812. The zero-order valence-electron chi connectivity index (χ0n) is 13.4. The first kappa shape index (κ1) is 13.7. The Morgan fingerprint density at radius 2 is 1.65 bits per heavy atom. The fraction of sp³-hybridized carbons (Fsp3) is 0.167. The first-order valence-electron chi connectivity index (χ1n) is 7.54. The van der Waals surface area contributed by atoms with E-state index < -0.39 is 0 Å². The number of rotatable bonds is 2. The molecule has 0 bridgehead atoms. The number of aromatic nitrogens is 5. The highest BCUT2D eigenvalue weighted by Gasteiger charge is 2.16. The van der Waals surface area contributed by atoms with E-state index in [2.05, 4.69) is 53.3 Å². The Labute approximate surface area is 134 Å². The summed E-state index contributed by atoms with van der Waals surface area (Å²) in [6.45, 7) is 4.21. The number of nitrogens with zero attached hydrogens (tertiary/aromatic N) is 5. The molecular weight excluding hydrogens is 286 g/mol. The average Bonchev–Trinajstić information content (AvgIpc) is 3.15. The summed E-state index contributed by atoms with van der Waals surface area (Å²) in [5.74, 6) is 0.812. The summed E-state index contributed by atoms with van der Waals surface area (Å²) in [5.41, 5.74) is 6.52. The molecule has 0 aliphatic carbocycles. The van der Waals surface area contributed by atoms with Crippen molar-refractivity contribution in [3.63, 3.8) is 0 Å². The van der Waals surface area contributed by atoms with Gasteiger partial charge >= 0.3 is 0 Å². The van der Waals surface area contributed by atoms with Gasteiger partial charge in [-0.05, 0) is 37.1 Å². The van der Waals surface area contributed by atoms with Crippen molar-refractivity contribution in [3.05, 3.63) is 60.2 Å². The molecule has 0 fully saturated rings. The van der Waals surface area contributed by atoms with Crippen LogP contribution >= 0.6 is 0 Å². The minimum Gasteiger partial charge on any atom is -0.334 e. The smallest absolute Gasteiger partial charge is 0.170 e. The molecule has 2 heterocycles. The molecule has 2 aromatic heterocycles. The van der Waals surface area contributed by atoms with Gasteiger partial charge in [0.1, 0.15) is 6.33 Å². The standard InChI is InChI=1S/C18H17N5/c1-12-6-4-7-13(2)17(12)23-11-20-21-18(23)14-8-5-9-15-16(14)19-10-22(15)3/h4-11H,1-3H3. The van der Waals surface area contributed by atoms with Crippen LogP contribution in [-0.2, 0) is 7.05 Å². The lowest BCUT2D eigenvalue weighted by atomic mass is 10.1. The molecule has 5 nitrogen and oxygen atoms in total. The molecule has 0 atom stereocenters. The summed E-state index contributed by atoms with van der Waals surface area (Å²) in [5, 5.41) is 8.52. The minimum atomic E-state index is 0.812. The highest BCUT2D eigenvalue weighted by molar-refractivity contribution is 5.90. The van der Waals surface area contributed by atoms with Gasteiger partial charge in [-0.3, -0.25) is 4.57 Å². The third-order valence-electron chi connectivity index (χ3n) is 4.22. The van der Waals surface area contributed by atoms with Gasteiger partial charge in [0, 0.05) is 12.6 Å². The lowest BCUT2D eigenvalue weighted by Crippen LogP contribution is -2.01. The van der Waals surface area contributed by atoms with Gasteiger partial charge < -0.3 is 4.57 Å². The van der Waals surface area contributed by atoms with Gasteiger partial charge in [-0.15, -0.1) is 10.2 Å². The first-order chi connectivity index (χ1) is 11.2. The van der Waals surface area contributed by atoms with Crippen LogP contribution in [0.3, 0.4) is 0 Å². The van der Waals surface area contributed by atoms with E-state index in [-0.39, 0.29) is 0 Å². The van der Waals surface area contributed by atoms with Crippen molar-refractivity contribution in [2.45, 2.75) is 13.8 Å². The molecule has 23 heavy (non-hydrogen) atoms. The van der Waals surface area contributed by atoms with E-state index in [1.54, 1.807) is 6.33 Å². The maximum absolute atomic E-state index is 4.54. The van der Waals surface area contributed by atoms with Crippen molar-refractivity contribution in [1.29, 1.82) is 0 Å². The quantitative estimate of drug-likeness (QED) is 0.570. The van der Waals surface area contributed by atoms with Crippen molar-refractivity contribution in [1.82, 2.24) is 24.3 Å². The van der Waals surface area contributed by atoms with E-state index in [0.717, 1.165) is 28.1 Å². The van der Waals surface area contributed by atoms with E-state index in [0.29, 0.717) is 0 Å². The molecule has 0 aliphatic heterocycles. The maximum atomic E-state index is 4.54. The number of imidazole rings is 1. The van der Waals surface area contributed by atoms with Crippen LogP contribution in [-0.4, -0.2) is 24.3 Å². The van der Waals surface area contributed by atoms with Crippen molar-refractivity contribution in [3.8, 4) is 17.1 Å². The number of para-hydroxylation sites is 2. The second-order valence-corrected chi connectivity index (χ2v) is 5.79. The molecular formula is C18H17N5. The Hall–Kier alpha value is -2.95. The third-order valence-corrected chi connectivity index (χ3v) is 4.22. The van der Waals surface area contributed by atoms with Gasteiger partial charge in [0.25, 0.3) is 0 Å². The molecule has 114 valence electrons. The molecule has 0 unspecified atom stereocenters. The van der Waals surface area contributed by atoms with Crippen molar-refractivity contribution >= 4 is 11.0 Å². The second-order valence-electron chi connectivity index (χ2n) is 5.79. The zero-order valence-corrected chi connectivity index (χ0v) is 13.4. The Kier molecular flexibility index (Phi) is 3.01. The highest BCUT2D eigenvalue weighted by Crippen LogP contribution is 2.29. The van der Waals surface area contributed by atoms with Crippen molar-refractivity contribution in [2.75, 3.05) is 0 Å². The normalized spacial score (nSPS) is 11.3. The van der Waals surface area contributed by atoms with Crippen molar-refractivity contribution in [2.24, 2.45) is 7.05 Å². The molecule has 4 aromatic rings. The Bertz CT molecular complexity index is 989. The van der Waals surface area contributed by atoms with Gasteiger partial charge in [-0.1, -0.05) is 24.3 Å². The summed E-state index contributed by atoms with van der Waals surface area (Å²) in [6, 6.07) is 12.4. The van der Waals surface area contributed by atoms with Crippen molar-refractivity contribution < 1.29 is 0 Å². The summed E-state index contributed by atoms with van der Waals surface area (Å²) in [6.07, 6.45) is 3.60. The molecule has 5 heteroatoms. The first-order valence-corrected chi connectivity index (χ1v) is 7.54. The van der Waals surface area contributed by atoms with E-state index in [1.807, 2.05) is 34.6 Å². The fourth-order valence-corrected chi connectivity index (χ4v) is 3.11. The van der Waals surface area contributed by atoms with E-state index in [9.17, 15) is 0 Å². The Morgan fingerprint density at radius 1 is 0.913 bits per heavy atom. The predicted molar refractivity (Wildman–Crippen MR) is 90.5 cm³/mol. The van der Waals surface area contributed by atoms with E-state index in [1.165, 1.54) is 11.1 Å². The van der Waals surface area contributed by atoms with Gasteiger partial charge in [0.2, 0.25) is 0 Å². The van der Waals surface area contributed by atoms with Crippen LogP contribution in [0.5, 0.6) is 0 Å². The fourth-order valence-electron chi connectivity index (χ4n) is 3.11. The number of fused-ring (bicyclic) bond motifs is 1. The largest absolute Gasteiger partial charge is 0.334 e. The molecule has 0 saturated carbocycles. The zero-order chi connectivity index (χ0) is 16.0. The molecule has 0 spiro atoms. The van der Waals surface area contributed by atoms with Crippen LogP contribution in [0, 0.1) is 13.8 Å².